The summed E-state index contributed by atoms with van der Waals surface area (Å²) in [5.41, 5.74) is 0. The van der Waals surface area contributed by atoms with Crippen LogP contribution in [0.25, 0.3) is 0 Å². The van der Waals surface area contributed by atoms with Gasteiger partial charge in [-0.25, -0.2) is 0 Å². The molecule has 0 aromatic carbocycles. The normalized spacial score (nSPS) is 9.78. The number of alkyl halides is 2. The molecule has 58 valence electrons. The Morgan fingerprint density at radius 1 is 1.44 bits per heavy atom. The summed E-state index contributed by atoms with van der Waals surface area (Å²) in [6.45, 7) is 0. The van der Waals surface area contributed by atoms with Gasteiger partial charge >= 0.3 is 0 Å². The summed E-state index contributed by atoms with van der Waals surface area (Å²) < 4.78 is 23.5. The van der Waals surface area contributed by atoms with Gasteiger partial charge in [0.15, 0.2) is 0 Å². The SMILES string of the molecule is COS(C)(=O)=O.ClCCl. The van der Waals surface area contributed by atoms with Crippen molar-refractivity contribution in [3.8, 4) is 0 Å². The van der Waals surface area contributed by atoms with Crippen LogP contribution in [-0.4, -0.2) is 27.1 Å². The van der Waals surface area contributed by atoms with E-state index in [0.717, 1.165) is 13.4 Å². The second kappa shape index (κ2) is 6.61. The van der Waals surface area contributed by atoms with Gasteiger partial charge in [-0.1, -0.05) is 0 Å². The third-order valence-corrected chi connectivity index (χ3v) is 0.908. The van der Waals surface area contributed by atoms with E-state index in [9.17, 15) is 8.42 Å². The minimum atomic E-state index is -3.16. The van der Waals surface area contributed by atoms with Gasteiger partial charge in [0, 0.05) is 0 Å². The molecule has 0 aliphatic rings. The highest BCUT2D eigenvalue weighted by Crippen LogP contribution is 1.75. The van der Waals surface area contributed by atoms with Crippen molar-refractivity contribution in [3.63, 3.8) is 0 Å². The first-order valence-corrected chi connectivity index (χ1v) is 4.74. The van der Waals surface area contributed by atoms with Crippen molar-refractivity contribution in [1.29, 1.82) is 0 Å². The number of hydrogen-bond donors (Lipinski definition) is 0. The van der Waals surface area contributed by atoms with E-state index in [-0.39, 0.29) is 5.34 Å². The zero-order valence-electron chi connectivity index (χ0n) is 5.10. The molecule has 0 atom stereocenters. The van der Waals surface area contributed by atoms with E-state index in [1.807, 2.05) is 0 Å². The Bertz CT molecular complexity index is 130. The summed E-state index contributed by atoms with van der Waals surface area (Å²) in [5, 5.41) is 0.194. The Labute approximate surface area is 65.0 Å². The van der Waals surface area contributed by atoms with E-state index in [1.165, 1.54) is 0 Å². The molecule has 0 spiro atoms. The van der Waals surface area contributed by atoms with E-state index in [4.69, 9.17) is 23.2 Å². The van der Waals surface area contributed by atoms with E-state index < -0.39 is 10.1 Å². The Morgan fingerprint density at radius 2 is 1.56 bits per heavy atom. The van der Waals surface area contributed by atoms with Gasteiger partial charge in [0.1, 0.15) is 0 Å². The average Bonchev–Trinajstić information content (AvgIpc) is 1.67. The third-order valence-electron chi connectivity index (χ3n) is 0.303. The monoisotopic (exact) mass is 194 g/mol. The molecular formula is C3H8Cl2O3S. The summed E-state index contributed by atoms with van der Waals surface area (Å²) in [6.07, 6.45) is 0.993. The molecule has 0 radical (unpaired) electrons. The van der Waals surface area contributed by atoms with Crippen molar-refractivity contribution in [1.82, 2.24) is 0 Å². The Morgan fingerprint density at radius 3 is 1.56 bits per heavy atom. The molecule has 0 saturated carbocycles. The molecule has 0 N–H and O–H groups in total. The van der Waals surface area contributed by atoms with Gasteiger partial charge in [-0.2, -0.15) is 8.42 Å². The lowest BCUT2D eigenvalue weighted by Crippen LogP contribution is -1.95. The van der Waals surface area contributed by atoms with Crippen LogP contribution in [-0.2, 0) is 14.3 Å². The van der Waals surface area contributed by atoms with Crippen molar-refractivity contribution in [3.05, 3.63) is 0 Å². The zero-order valence-corrected chi connectivity index (χ0v) is 7.42. The van der Waals surface area contributed by atoms with Gasteiger partial charge in [0.25, 0.3) is 10.1 Å². The molecule has 0 saturated heterocycles. The molecule has 0 rings (SSSR count). The molecule has 3 nitrogen and oxygen atoms in total. The highest BCUT2D eigenvalue weighted by Gasteiger charge is 1.90. The van der Waals surface area contributed by atoms with Crippen molar-refractivity contribution in [2.75, 3.05) is 18.7 Å². The lowest BCUT2D eigenvalue weighted by molar-refractivity contribution is 0.403. The summed E-state index contributed by atoms with van der Waals surface area (Å²) in [7, 11) is -2.04. The molecule has 0 aromatic heterocycles. The molecule has 0 fully saturated rings. The predicted molar refractivity (Wildman–Crippen MR) is 38.4 cm³/mol. The minimum absolute atomic E-state index is 0.194. The Kier molecular flexibility index (Phi) is 8.95. The fourth-order valence-electron chi connectivity index (χ4n) is 0. The van der Waals surface area contributed by atoms with Crippen LogP contribution in [0, 0.1) is 0 Å². The highest BCUT2D eigenvalue weighted by atomic mass is 35.5. The van der Waals surface area contributed by atoms with Crippen LogP contribution in [0.4, 0.5) is 0 Å². The van der Waals surface area contributed by atoms with Crippen LogP contribution < -0.4 is 0 Å². The van der Waals surface area contributed by atoms with Gasteiger partial charge in [-0.15, -0.1) is 23.2 Å². The maximum Gasteiger partial charge on any atom is 0.264 e. The third kappa shape index (κ3) is 29.4. The molecule has 0 bridgehead atoms. The predicted octanol–water partition coefficient (Wildman–Crippen LogP) is 1.01. The van der Waals surface area contributed by atoms with Crippen LogP contribution in [0.3, 0.4) is 0 Å². The lowest BCUT2D eigenvalue weighted by atomic mass is 11.8. The lowest BCUT2D eigenvalue weighted by Gasteiger charge is -1.84. The standard InChI is InChI=1S/C2H6O3S.CH2Cl2/c1-5-6(2,3)4;2-1-3/h1-2H3;1H2. The van der Waals surface area contributed by atoms with Crippen LogP contribution in [0.5, 0.6) is 0 Å². The first-order valence-electron chi connectivity index (χ1n) is 1.85. The smallest absolute Gasteiger partial charge is 0.264 e. The van der Waals surface area contributed by atoms with Crippen LogP contribution in [0.15, 0.2) is 0 Å². The van der Waals surface area contributed by atoms with E-state index >= 15 is 0 Å². The Hall–Kier alpha value is 0.490. The first kappa shape index (κ1) is 12.2. The van der Waals surface area contributed by atoms with Crippen molar-refractivity contribution in [2.24, 2.45) is 0 Å². The second-order valence-electron chi connectivity index (χ2n) is 0.972. The fraction of sp³-hybridized carbons (Fsp3) is 1.00. The molecular weight excluding hydrogens is 187 g/mol. The average molecular weight is 195 g/mol. The number of hydrogen-bond acceptors (Lipinski definition) is 3. The van der Waals surface area contributed by atoms with E-state index in [2.05, 4.69) is 4.18 Å². The van der Waals surface area contributed by atoms with Gasteiger partial charge < -0.3 is 0 Å². The Balaban J connectivity index is 0. The van der Waals surface area contributed by atoms with Crippen LogP contribution in [0.2, 0.25) is 0 Å². The summed E-state index contributed by atoms with van der Waals surface area (Å²) in [6, 6.07) is 0. The van der Waals surface area contributed by atoms with Crippen molar-refractivity contribution >= 4 is 33.3 Å². The molecule has 0 aliphatic heterocycles. The maximum atomic E-state index is 9.78. The molecule has 0 heterocycles. The second-order valence-corrected chi connectivity index (χ2v) is 3.52. The highest BCUT2D eigenvalue weighted by molar-refractivity contribution is 7.85. The molecule has 0 aliphatic carbocycles. The molecule has 0 unspecified atom stereocenters. The number of halogens is 2. The minimum Gasteiger partial charge on any atom is -0.274 e. The largest absolute Gasteiger partial charge is 0.274 e. The molecule has 6 heteroatoms. The fourth-order valence-corrected chi connectivity index (χ4v) is 0. The molecule has 9 heavy (non-hydrogen) atoms. The summed E-state index contributed by atoms with van der Waals surface area (Å²) >= 11 is 9.53. The quantitative estimate of drug-likeness (QED) is 0.463. The first-order chi connectivity index (χ1) is 3.97. The van der Waals surface area contributed by atoms with Gasteiger partial charge in [-0.05, 0) is 0 Å². The zero-order chi connectivity index (χ0) is 7.91. The van der Waals surface area contributed by atoms with Gasteiger partial charge in [-0.3, -0.25) is 4.18 Å². The molecule has 0 aromatic rings. The summed E-state index contributed by atoms with van der Waals surface area (Å²) in [5.74, 6) is 0. The number of rotatable bonds is 1. The topological polar surface area (TPSA) is 43.4 Å². The maximum absolute atomic E-state index is 9.78. The van der Waals surface area contributed by atoms with Crippen molar-refractivity contribution < 1.29 is 12.6 Å². The van der Waals surface area contributed by atoms with Gasteiger partial charge in [0.2, 0.25) is 0 Å². The van der Waals surface area contributed by atoms with Crippen LogP contribution in [0.1, 0.15) is 0 Å². The van der Waals surface area contributed by atoms with Crippen molar-refractivity contribution in [2.45, 2.75) is 0 Å². The van der Waals surface area contributed by atoms with E-state index in [1.54, 1.807) is 0 Å². The van der Waals surface area contributed by atoms with E-state index in [0.29, 0.717) is 0 Å². The summed E-state index contributed by atoms with van der Waals surface area (Å²) in [4.78, 5) is 0. The van der Waals surface area contributed by atoms with Gasteiger partial charge in [0.05, 0.1) is 18.7 Å². The van der Waals surface area contributed by atoms with Crippen LogP contribution >= 0.6 is 23.2 Å². The molecule has 0 amide bonds.